The van der Waals surface area contributed by atoms with Crippen LogP contribution in [0.5, 0.6) is 0 Å². The largest absolute Gasteiger partial charge is 0.369 e. The first-order valence-electron chi connectivity index (χ1n) is 8.54. The van der Waals surface area contributed by atoms with E-state index in [0.29, 0.717) is 45.0 Å². The monoisotopic (exact) mass is 348 g/mol. The van der Waals surface area contributed by atoms with Crippen molar-refractivity contribution in [1.29, 1.82) is 0 Å². The smallest absolute Gasteiger partial charge is 0.251 e. The normalized spacial score (nSPS) is 18.7. The molecule has 0 N–H and O–H groups in total. The van der Waals surface area contributed by atoms with Gasteiger partial charge in [0.15, 0.2) is 0 Å². The van der Waals surface area contributed by atoms with Crippen LogP contribution in [0.2, 0.25) is 0 Å². The average molecular weight is 349 g/mol. The fourth-order valence-electron chi connectivity index (χ4n) is 2.95. The molecule has 0 aromatic rings. The summed E-state index contributed by atoms with van der Waals surface area (Å²) < 4.78 is 30.7. The number of piperidine rings is 1. The molecule has 1 aliphatic heterocycles. The zero-order valence-corrected chi connectivity index (χ0v) is 15.9. The van der Waals surface area contributed by atoms with Gasteiger partial charge in [-0.2, -0.15) is 4.31 Å². The number of ether oxygens (including phenoxy) is 1. The Morgan fingerprint density at radius 3 is 2.26 bits per heavy atom. The number of amides is 1. The van der Waals surface area contributed by atoms with Crippen molar-refractivity contribution in [3.8, 4) is 0 Å². The summed E-state index contributed by atoms with van der Waals surface area (Å²) in [5.74, 6) is 0.568. The van der Waals surface area contributed by atoms with Crippen LogP contribution in [0, 0.1) is 5.92 Å². The zero-order valence-electron chi connectivity index (χ0n) is 15.1. The second kappa shape index (κ2) is 8.99. The highest BCUT2D eigenvalue weighted by molar-refractivity contribution is 7.88. The number of sulfonamides is 1. The summed E-state index contributed by atoms with van der Waals surface area (Å²) in [4.78, 5) is 14.2. The zero-order chi connectivity index (χ0) is 17.6. The van der Waals surface area contributed by atoms with Crippen molar-refractivity contribution in [2.45, 2.75) is 59.1 Å². The van der Waals surface area contributed by atoms with Crippen LogP contribution < -0.4 is 0 Å². The van der Waals surface area contributed by atoms with Gasteiger partial charge >= 0.3 is 0 Å². The summed E-state index contributed by atoms with van der Waals surface area (Å²) in [5, 5.41) is 0. The number of carbonyl (C=O) groups is 1. The van der Waals surface area contributed by atoms with Gasteiger partial charge in [0.25, 0.3) is 5.91 Å². The lowest BCUT2D eigenvalue weighted by Gasteiger charge is -2.37. The van der Waals surface area contributed by atoms with Gasteiger partial charge in [-0.15, -0.1) is 0 Å². The number of carbonyl (C=O) groups excluding carboxylic acids is 1. The SMILES string of the molecule is CCN(C1CCN(C(=O)[C@H](C)OCCC(C)C)CC1)S(C)(=O)=O. The molecule has 0 unspecified atom stereocenters. The Morgan fingerprint density at radius 1 is 1.26 bits per heavy atom. The van der Waals surface area contributed by atoms with E-state index < -0.39 is 16.1 Å². The van der Waals surface area contributed by atoms with Crippen molar-refractivity contribution in [1.82, 2.24) is 9.21 Å². The van der Waals surface area contributed by atoms with E-state index in [4.69, 9.17) is 4.74 Å². The molecule has 136 valence electrons. The predicted octanol–water partition coefficient (Wildman–Crippen LogP) is 1.71. The molecule has 0 saturated carbocycles. The predicted molar refractivity (Wildman–Crippen MR) is 91.7 cm³/mol. The molecule has 7 heteroatoms. The van der Waals surface area contributed by atoms with Gasteiger partial charge in [0, 0.05) is 32.3 Å². The summed E-state index contributed by atoms with van der Waals surface area (Å²) in [6, 6.07) is -0.00350. The molecule has 1 fully saturated rings. The molecule has 1 rings (SSSR count). The summed E-state index contributed by atoms with van der Waals surface area (Å²) in [6.07, 6.45) is 3.14. The Hall–Kier alpha value is -0.660. The minimum absolute atomic E-state index is 0.00350. The van der Waals surface area contributed by atoms with Crippen molar-refractivity contribution in [3.63, 3.8) is 0 Å². The molecule has 1 atom stereocenters. The van der Waals surface area contributed by atoms with Crippen LogP contribution in [-0.2, 0) is 19.6 Å². The number of likely N-dealkylation sites (tertiary alicyclic amines) is 1. The molecule has 0 spiro atoms. The summed E-state index contributed by atoms with van der Waals surface area (Å²) in [5.41, 5.74) is 0. The quantitative estimate of drug-likeness (QED) is 0.670. The average Bonchev–Trinajstić information content (AvgIpc) is 2.46. The maximum absolute atomic E-state index is 12.4. The Kier molecular flexibility index (Phi) is 7.97. The fourth-order valence-corrected chi connectivity index (χ4v) is 4.17. The van der Waals surface area contributed by atoms with Crippen molar-refractivity contribution >= 4 is 15.9 Å². The lowest BCUT2D eigenvalue weighted by molar-refractivity contribution is -0.144. The van der Waals surface area contributed by atoms with Crippen LogP contribution >= 0.6 is 0 Å². The van der Waals surface area contributed by atoms with E-state index in [0.717, 1.165) is 6.42 Å². The van der Waals surface area contributed by atoms with E-state index in [1.165, 1.54) is 10.6 Å². The first kappa shape index (κ1) is 20.4. The Labute approximate surface area is 141 Å². The number of hydrogen-bond acceptors (Lipinski definition) is 4. The standard InChI is InChI=1S/C16H32N2O4S/c1-6-18(23(5,20)21)15-7-10-17(11-8-15)16(19)14(4)22-12-9-13(2)3/h13-15H,6-12H2,1-5H3/t14-/m0/s1. The van der Waals surface area contributed by atoms with Crippen molar-refractivity contribution < 1.29 is 17.9 Å². The number of rotatable bonds is 8. The Bertz CT molecular complexity index is 470. The Morgan fingerprint density at radius 2 is 1.83 bits per heavy atom. The first-order valence-corrected chi connectivity index (χ1v) is 10.4. The molecular weight excluding hydrogens is 316 g/mol. The number of hydrogen-bond donors (Lipinski definition) is 0. The second-order valence-corrected chi connectivity index (χ2v) is 8.65. The topological polar surface area (TPSA) is 66.9 Å². The highest BCUT2D eigenvalue weighted by atomic mass is 32.2. The summed E-state index contributed by atoms with van der Waals surface area (Å²) >= 11 is 0. The van der Waals surface area contributed by atoms with Gasteiger partial charge in [-0.1, -0.05) is 20.8 Å². The summed E-state index contributed by atoms with van der Waals surface area (Å²) in [7, 11) is -3.18. The van der Waals surface area contributed by atoms with Gasteiger partial charge in [0.05, 0.1) is 6.26 Å². The molecule has 1 saturated heterocycles. The van der Waals surface area contributed by atoms with Gasteiger partial charge in [-0.3, -0.25) is 4.79 Å². The van der Waals surface area contributed by atoms with Crippen LogP contribution in [0.1, 0.15) is 47.0 Å². The van der Waals surface area contributed by atoms with Gasteiger partial charge < -0.3 is 9.64 Å². The van der Waals surface area contributed by atoms with E-state index in [9.17, 15) is 13.2 Å². The van der Waals surface area contributed by atoms with E-state index in [1.807, 2.05) is 6.92 Å². The number of nitrogens with zero attached hydrogens (tertiary/aromatic N) is 2. The van der Waals surface area contributed by atoms with Gasteiger partial charge in [-0.25, -0.2) is 8.42 Å². The molecule has 23 heavy (non-hydrogen) atoms. The van der Waals surface area contributed by atoms with Crippen molar-refractivity contribution in [2.75, 3.05) is 32.5 Å². The third kappa shape index (κ3) is 6.39. The molecular formula is C16H32N2O4S. The highest BCUT2D eigenvalue weighted by Crippen LogP contribution is 2.20. The molecule has 0 aromatic heterocycles. The highest BCUT2D eigenvalue weighted by Gasteiger charge is 2.31. The molecule has 0 radical (unpaired) electrons. The molecule has 6 nitrogen and oxygen atoms in total. The van der Waals surface area contributed by atoms with Crippen LogP contribution in [0.3, 0.4) is 0 Å². The third-order valence-electron chi connectivity index (χ3n) is 4.33. The molecule has 0 aliphatic carbocycles. The molecule has 1 aliphatic rings. The summed E-state index contributed by atoms with van der Waals surface area (Å²) in [6.45, 7) is 10.2. The van der Waals surface area contributed by atoms with E-state index in [2.05, 4.69) is 13.8 Å². The van der Waals surface area contributed by atoms with Crippen molar-refractivity contribution in [2.24, 2.45) is 5.92 Å². The van der Waals surface area contributed by atoms with Gasteiger partial charge in [0.1, 0.15) is 6.10 Å². The fraction of sp³-hybridized carbons (Fsp3) is 0.938. The lowest BCUT2D eigenvalue weighted by atomic mass is 10.0. The van der Waals surface area contributed by atoms with Crippen LogP contribution in [-0.4, -0.2) is 68.2 Å². The van der Waals surface area contributed by atoms with E-state index >= 15 is 0 Å². The lowest BCUT2D eigenvalue weighted by Crippen LogP contribution is -2.50. The van der Waals surface area contributed by atoms with Crippen LogP contribution in [0.4, 0.5) is 0 Å². The first-order chi connectivity index (χ1) is 10.7. The van der Waals surface area contributed by atoms with Gasteiger partial charge in [-0.05, 0) is 32.1 Å². The maximum Gasteiger partial charge on any atom is 0.251 e. The van der Waals surface area contributed by atoms with Crippen LogP contribution in [0.25, 0.3) is 0 Å². The Balaban J connectivity index is 2.47. The van der Waals surface area contributed by atoms with E-state index in [-0.39, 0.29) is 11.9 Å². The van der Waals surface area contributed by atoms with Crippen molar-refractivity contribution in [3.05, 3.63) is 0 Å². The third-order valence-corrected chi connectivity index (χ3v) is 5.74. The molecule has 1 amide bonds. The van der Waals surface area contributed by atoms with E-state index in [1.54, 1.807) is 11.8 Å². The van der Waals surface area contributed by atoms with Gasteiger partial charge in [0.2, 0.25) is 10.0 Å². The minimum atomic E-state index is -3.18. The minimum Gasteiger partial charge on any atom is -0.369 e. The van der Waals surface area contributed by atoms with Crippen LogP contribution in [0.15, 0.2) is 0 Å². The maximum atomic E-state index is 12.4. The molecule has 0 bridgehead atoms. The molecule has 0 aromatic carbocycles. The molecule has 1 heterocycles. The second-order valence-electron chi connectivity index (χ2n) is 6.72.